The monoisotopic (exact) mass is 336 g/mol. The number of benzene rings is 1. The van der Waals surface area contributed by atoms with Crippen LogP contribution >= 0.6 is 15.9 Å². The summed E-state index contributed by atoms with van der Waals surface area (Å²) in [6.45, 7) is 2.22. The van der Waals surface area contributed by atoms with Crippen LogP contribution in [0.3, 0.4) is 0 Å². The number of rotatable bonds is 2. The molecular formula is C14H13BrN2O3. The molecular weight excluding hydrogens is 324 g/mol. The Morgan fingerprint density at radius 1 is 1.55 bits per heavy atom. The first-order chi connectivity index (χ1) is 9.52. The van der Waals surface area contributed by atoms with E-state index in [9.17, 15) is 9.59 Å². The van der Waals surface area contributed by atoms with E-state index in [0.717, 1.165) is 32.2 Å². The van der Waals surface area contributed by atoms with Crippen molar-refractivity contribution in [2.75, 3.05) is 12.4 Å². The van der Waals surface area contributed by atoms with Crippen LogP contribution < -0.4 is 5.32 Å². The normalized spacial score (nSPS) is 13.4. The number of halogens is 1. The van der Waals surface area contributed by atoms with Crippen molar-refractivity contribution in [1.29, 1.82) is 0 Å². The molecule has 1 N–H and O–H groups in total. The molecule has 0 spiro atoms. The quantitative estimate of drug-likeness (QED) is 0.856. The van der Waals surface area contributed by atoms with Crippen molar-refractivity contribution in [1.82, 2.24) is 4.57 Å². The van der Waals surface area contributed by atoms with Crippen molar-refractivity contribution in [3.8, 4) is 0 Å². The molecule has 0 unspecified atom stereocenters. The van der Waals surface area contributed by atoms with Gasteiger partial charge in [0.05, 0.1) is 24.7 Å². The molecule has 5 nitrogen and oxygen atoms in total. The van der Waals surface area contributed by atoms with Gasteiger partial charge in [0.25, 0.3) is 0 Å². The van der Waals surface area contributed by atoms with Crippen molar-refractivity contribution in [3.05, 3.63) is 27.9 Å². The van der Waals surface area contributed by atoms with E-state index < -0.39 is 0 Å². The molecule has 3 rings (SSSR count). The highest BCUT2D eigenvalue weighted by Gasteiger charge is 2.24. The molecule has 1 aromatic heterocycles. The molecule has 0 radical (unpaired) electrons. The van der Waals surface area contributed by atoms with E-state index in [2.05, 4.69) is 21.2 Å². The summed E-state index contributed by atoms with van der Waals surface area (Å²) in [6, 6.07) is 1.95. The topological polar surface area (TPSA) is 60.3 Å². The molecule has 104 valence electrons. The molecule has 0 aliphatic carbocycles. The number of carbonyl (C=O) groups is 2. The number of carbonyl (C=O) groups excluding carboxylic acids is 2. The lowest BCUT2D eigenvalue weighted by Gasteiger charge is -2.21. The second-order valence-electron chi connectivity index (χ2n) is 4.80. The van der Waals surface area contributed by atoms with Crippen LogP contribution in [0.4, 0.5) is 5.69 Å². The van der Waals surface area contributed by atoms with E-state index in [0.29, 0.717) is 6.54 Å². The zero-order chi connectivity index (χ0) is 14.4. The largest absolute Gasteiger partial charge is 0.469 e. The van der Waals surface area contributed by atoms with Gasteiger partial charge in [-0.2, -0.15) is 0 Å². The molecule has 0 fully saturated rings. The van der Waals surface area contributed by atoms with Gasteiger partial charge in [0.15, 0.2) is 0 Å². The third-order valence-electron chi connectivity index (χ3n) is 3.66. The molecule has 20 heavy (non-hydrogen) atoms. The Hall–Kier alpha value is -1.82. The van der Waals surface area contributed by atoms with Gasteiger partial charge in [-0.05, 0) is 40.0 Å². The van der Waals surface area contributed by atoms with Crippen LogP contribution in [0.25, 0.3) is 10.9 Å². The summed E-state index contributed by atoms with van der Waals surface area (Å²) in [6.07, 6.45) is 2.06. The minimum atomic E-state index is -0.304. The fourth-order valence-electron chi connectivity index (χ4n) is 2.63. The van der Waals surface area contributed by atoms with Gasteiger partial charge in [0.2, 0.25) is 5.91 Å². The Morgan fingerprint density at radius 3 is 3.00 bits per heavy atom. The summed E-state index contributed by atoms with van der Waals surface area (Å²) in [5.74, 6) is -0.355. The van der Waals surface area contributed by atoms with Crippen LogP contribution in [0, 0.1) is 6.92 Å². The van der Waals surface area contributed by atoms with Crippen LogP contribution in [0.5, 0.6) is 0 Å². The van der Waals surface area contributed by atoms with E-state index >= 15 is 0 Å². The molecule has 0 bridgehead atoms. The number of nitrogens with one attached hydrogen (secondary N) is 1. The summed E-state index contributed by atoms with van der Waals surface area (Å²) in [4.78, 5) is 23.3. The molecule has 0 atom stereocenters. The standard InChI is InChI=1S/C14H13BrN2O3/c1-7-9(5-11(19)20-2)12(15)8-3-4-17-6-10(18)16-13(7)14(8)17/h3-4H,5-6H2,1-2H3,(H,16,18). The van der Waals surface area contributed by atoms with E-state index in [1.807, 2.05) is 23.8 Å². The van der Waals surface area contributed by atoms with Gasteiger partial charge >= 0.3 is 5.97 Å². The van der Waals surface area contributed by atoms with Crippen molar-refractivity contribution in [3.63, 3.8) is 0 Å². The summed E-state index contributed by atoms with van der Waals surface area (Å²) in [7, 11) is 1.37. The lowest BCUT2D eigenvalue weighted by atomic mass is 10.00. The summed E-state index contributed by atoms with van der Waals surface area (Å²) >= 11 is 3.57. The predicted octanol–water partition coefficient (Wildman–Crippen LogP) is 2.38. The molecule has 1 amide bonds. The van der Waals surface area contributed by atoms with Crippen molar-refractivity contribution < 1.29 is 14.3 Å². The fraction of sp³-hybridized carbons (Fsp3) is 0.286. The molecule has 0 saturated carbocycles. The number of anilines is 1. The zero-order valence-corrected chi connectivity index (χ0v) is 12.7. The lowest BCUT2D eigenvalue weighted by molar-refractivity contribution is -0.139. The SMILES string of the molecule is COC(=O)Cc1c(C)c2c3c(ccn3CC(=O)N2)c1Br. The Morgan fingerprint density at radius 2 is 2.30 bits per heavy atom. The van der Waals surface area contributed by atoms with Gasteiger partial charge < -0.3 is 14.6 Å². The van der Waals surface area contributed by atoms with E-state index in [1.54, 1.807) is 0 Å². The first-order valence-corrected chi connectivity index (χ1v) is 6.98. The maximum Gasteiger partial charge on any atom is 0.310 e. The minimum absolute atomic E-state index is 0.0514. The second-order valence-corrected chi connectivity index (χ2v) is 5.59. The van der Waals surface area contributed by atoms with Gasteiger partial charge in [0.1, 0.15) is 6.54 Å². The molecule has 1 aromatic carbocycles. The number of amides is 1. The van der Waals surface area contributed by atoms with Gasteiger partial charge in [-0.3, -0.25) is 9.59 Å². The first-order valence-electron chi connectivity index (χ1n) is 6.19. The Kier molecular flexibility index (Phi) is 3.05. The summed E-state index contributed by atoms with van der Waals surface area (Å²) in [5.41, 5.74) is 3.51. The Labute approximate surface area is 124 Å². The highest BCUT2D eigenvalue weighted by molar-refractivity contribution is 9.10. The summed E-state index contributed by atoms with van der Waals surface area (Å²) < 4.78 is 7.54. The van der Waals surface area contributed by atoms with Gasteiger partial charge in [-0.25, -0.2) is 0 Å². The fourth-order valence-corrected chi connectivity index (χ4v) is 3.39. The van der Waals surface area contributed by atoms with Crippen molar-refractivity contribution >= 4 is 44.4 Å². The van der Waals surface area contributed by atoms with Crippen LogP contribution in [-0.4, -0.2) is 23.6 Å². The highest BCUT2D eigenvalue weighted by Crippen LogP contribution is 2.39. The number of hydrogen-bond donors (Lipinski definition) is 1. The molecule has 0 saturated heterocycles. The zero-order valence-electron chi connectivity index (χ0n) is 11.1. The first kappa shape index (κ1) is 13.2. The predicted molar refractivity (Wildman–Crippen MR) is 78.7 cm³/mol. The third kappa shape index (κ3) is 1.83. The second kappa shape index (κ2) is 4.63. The number of nitrogens with zero attached hydrogens (tertiary/aromatic N) is 1. The molecule has 1 aliphatic rings. The number of esters is 1. The van der Waals surface area contributed by atoms with Crippen LogP contribution in [-0.2, 0) is 27.3 Å². The van der Waals surface area contributed by atoms with Crippen molar-refractivity contribution in [2.45, 2.75) is 19.9 Å². The average Bonchev–Trinajstić information content (AvgIpc) is 2.84. The lowest BCUT2D eigenvalue weighted by Crippen LogP contribution is -2.24. The van der Waals surface area contributed by atoms with E-state index in [4.69, 9.17) is 4.74 Å². The third-order valence-corrected chi connectivity index (χ3v) is 4.56. The summed E-state index contributed by atoms with van der Waals surface area (Å²) in [5, 5.41) is 3.90. The van der Waals surface area contributed by atoms with Crippen LogP contribution in [0.15, 0.2) is 16.7 Å². The van der Waals surface area contributed by atoms with Crippen LogP contribution in [0.2, 0.25) is 0 Å². The van der Waals surface area contributed by atoms with Crippen molar-refractivity contribution in [2.24, 2.45) is 0 Å². The number of hydrogen-bond acceptors (Lipinski definition) is 3. The maximum absolute atomic E-state index is 11.8. The minimum Gasteiger partial charge on any atom is -0.469 e. The van der Waals surface area contributed by atoms with Gasteiger partial charge in [-0.1, -0.05) is 0 Å². The van der Waals surface area contributed by atoms with Gasteiger partial charge in [-0.15, -0.1) is 0 Å². The molecule has 2 heterocycles. The number of ether oxygens (including phenoxy) is 1. The van der Waals surface area contributed by atoms with Gasteiger partial charge in [0, 0.05) is 16.1 Å². The smallest absolute Gasteiger partial charge is 0.310 e. The van der Waals surface area contributed by atoms with E-state index in [-0.39, 0.29) is 18.3 Å². The molecule has 2 aromatic rings. The highest BCUT2D eigenvalue weighted by atomic mass is 79.9. The molecule has 1 aliphatic heterocycles. The van der Waals surface area contributed by atoms with E-state index in [1.165, 1.54) is 7.11 Å². The Bertz CT molecular complexity index is 749. The number of aromatic nitrogens is 1. The Balaban J connectivity index is 2.28. The number of methoxy groups -OCH3 is 1. The average molecular weight is 337 g/mol. The maximum atomic E-state index is 11.8. The molecule has 6 heteroatoms. The van der Waals surface area contributed by atoms with Crippen LogP contribution in [0.1, 0.15) is 11.1 Å².